The minimum Gasteiger partial charge on any atom is -0.496 e. The molecular weight excluding hydrogens is 468 g/mol. The van der Waals surface area contributed by atoms with Crippen molar-refractivity contribution in [2.24, 2.45) is 0 Å². The summed E-state index contributed by atoms with van der Waals surface area (Å²) in [6.45, 7) is 2.51. The highest BCUT2D eigenvalue weighted by atomic mass is 16.6. The predicted molar refractivity (Wildman–Crippen MR) is 139 cm³/mol. The SMILES string of the molecule is COc1ccccc1CNC(=O)C1(C)COC2c3ccccc3OC2C(=O)N1CCCc1ccccc1. The summed E-state index contributed by atoms with van der Waals surface area (Å²) in [5, 5.41) is 3.02. The van der Waals surface area contributed by atoms with Crippen molar-refractivity contribution in [3.63, 3.8) is 0 Å². The first-order valence-electron chi connectivity index (χ1n) is 12.6. The van der Waals surface area contributed by atoms with Gasteiger partial charge in [-0.2, -0.15) is 0 Å². The van der Waals surface area contributed by atoms with E-state index in [1.54, 1.807) is 18.9 Å². The van der Waals surface area contributed by atoms with E-state index in [1.165, 1.54) is 5.56 Å². The molecule has 3 unspecified atom stereocenters. The van der Waals surface area contributed by atoms with Crippen LogP contribution in [0.15, 0.2) is 78.9 Å². The molecule has 2 aliphatic rings. The van der Waals surface area contributed by atoms with Gasteiger partial charge in [0.05, 0.1) is 13.7 Å². The molecule has 192 valence electrons. The van der Waals surface area contributed by atoms with Gasteiger partial charge in [0, 0.05) is 24.2 Å². The number of fused-ring (bicyclic) bond motifs is 3. The van der Waals surface area contributed by atoms with Crippen molar-refractivity contribution in [2.75, 3.05) is 20.3 Å². The van der Waals surface area contributed by atoms with Gasteiger partial charge in [-0.05, 0) is 37.5 Å². The van der Waals surface area contributed by atoms with Gasteiger partial charge in [-0.15, -0.1) is 0 Å². The standard InChI is InChI=1S/C30H32N2O5/c1-30(29(34)31-19-22-14-6-8-16-24(22)35-2)20-36-26-23-15-7-9-17-25(23)37-27(26)28(33)32(30)18-10-13-21-11-4-3-5-12-21/h3-9,11-12,14-17,26-27H,10,13,18-20H2,1-2H3,(H,31,34). The van der Waals surface area contributed by atoms with E-state index >= 15 is 0 Å². The van der Waals surface area contributed by atoms with Gasteiger partial charge in [0.2, 0.25) is 12.0 Å². The monoisotopic (exact) mass is 500 g/mol. The summed E-state index contributed by atoms with van der Waals surface area (Å²) < 4.78 is 17.8. The number of rotatable bonds is 8. The fraction of sp³-hybridized carbons (Fsp3) is 0.333. The third-order valence-corrected chi connectivity index (χ3v) is 7.21. The number of para-hydroxylation sites is 2. The van der Waals surface area contributed by atoms with Gasteiger partial charge in [-0.25, -0.2) is 0 Å². The second kappa shape index (κ2) is 10.6. The van der Waals surface area contributed by atoms with Gasteiger partial charge in [0.15, 0.2) is 0 Å². The Morgan fingerprint density at radius 2 is 1.76 bits per heavy atom. The van der Waals surface area contributed by atoms with Crippen molar-refractivity contribution in [2.45, 2.75) is 44.1 Å². The summed E-state index contributed by atoms with van der Waals surface area (Å²) in [6, 6.07) is 25.2. The molecule has 3 aromatic carbocycles. The molecule has 7 nitrogen and oxygen atoms in total. The minimum absolute atomic E-state index is 0.0562. The van der Waals surface area contributed by atoms with Crippen molar-refractivity contribution in [3.05, 3.63) is 95.6 Å². The molecule has 0 aromatic heterocycles. The summed E-state index contributed by atoms with van der Waals surface area (Å²) in [5.74, 6) is 0.834. The van der Waals surface area contributed by atoms with Crippen molar-refractivity contribution in [3.8, 4) is 11.5 Å². The number of benzene rings is 3. The number of nitrogens with zero attached hydrogens (tertiary/aromatic N) is 1. The molecule has 1 fully saturated rings. The fourth-order valence-electron chi connectivity index (χ4n) is 5.11. The number of nitrogens with one attached hydrogen (secondary N) is 1. The number of methoxy groups -OCH3 is 1. The predicted octanol–water partition coefficient (Wildman–Crippen LogP) is 4.06. The topological polar surface area (TPSA) is 77.1 Å². The molecule has 1 N–H and O–H groups in total. The molecule has 0 radical (unpaired) electrons. The number of carbonyl (C=O) groups is 2. The molecule has 0 spiro atoms. The average Bonchev–Trinajstić information content (AvgIpc) is 3.27. The van der Waals surface area contributed by atoms with E-state index < -0.39 is 17.7 Å². The highest BCUT2D eigenvalue weighted by Crippen LogP contribution is 2.42. The van der Waals surface area contributed by atoms with Crippen LogP contribution in [-0.2, 0) is 27.3 Å². The average molecular weight is 501 g/mol. The normalized spacial score (nSPS) is 22.4. The minimum atomic E-state index is -1.21. The van der Waals surface area contributed by atoms with Crippen LogP contribution < -0.4 is 14.8 Å². The highest BCUT2D eigenvalue weighted by Gasteiger charge is 2.53. The van der Waals surface area contributed by atoms with Crippen molar-refractivity contribution in [1.82, 2.24) is 10.2 Å². The lowest BCUT2D eigenvalue weighted by Gasteiger charge is -2.38. The van der Waals surface area contributed by atoms with Gasteiger partial charge in [-0.1, -0.05) is 66.7 Å². The second-order valence-corrected chi connectivity index (χ2v) is 9.66. The summed E-state index contributed by atoms with van der Waals surface area (Å²) in [7, 11) is 1.60. The van der Waals surface area contributed by atoms with Gasteiger partial charge in [0.25, 0.3) is 5.91 Å². The molecule has 1 saturated heterocycles. The van der Waals surface area contributed by atoms with Crippen LogP contribution in [0.25, 0.3) is 0 Å². The summed E-state index contributed by atoms with van der Waals surface area (Å²) >= 11 is 0. The number of hydrogen-bond donors (Lipinski definition) is 1. The number of ether oxygens (including phenoxy) is 3. The Kier molecular flexibility index (Phi) is 7.15. The Bertz CT molecular complexity index is 1260. The van der Waals surface area contributed by atoms with E-state index in [0.29, 0.717) is 24.5 Å². The maximum Gasteiger partial charge on any atom is 0.267 e. The molecule has 37 heavy (non-hydrogen) atoms. The van der Waals surface area contributed by atoms with Crippen LogP contribution in [0, 0.1) is 0 Å². The Morgan fingerprint density at radius 1 is 1.03 bits per heavy atom. The van der Waals surface area contributed by atoms with Gasteiger partial charge in [0.1, 0.15) is 23.1 Å². The van der Waals surface area contributed by atoms with Crippen molar-refractivity contribution in [1.29, 1.82) is 0 Å². The summed E-state index contributed by atoms with van der Waals surface area (Å²) in [6.07, 6.45) is 0.122. The van der Waals surface area contributed by atoms with E-state index in [1.807, 2.05) is 66.7 Å². The van der Waals surface area contributed by atoms with Crippen LogP contribution in [0.4, 0.5) is 0 Å². The summed E-state index contributed by atoms with van der Waals surface area (Å²) in [4.78, 5) is 29.3. The Hall–Kier alpha value is -3.84. The molecule has 3 atom stereocenters. The number of hydrogen-bond acceptors (Lipinski definition) is 5. The van der Waals surface area contributed by atoms with Gasteiger partial charge >= 0.3 is 0 Å². The first kappa shape index (κ1) is 24.8. The van der Waals surface area contributed by atoms with E-state index in [0.717, 1.165) is 17.5 Å². The molecule has 2 aliphatic heterocycles. The molecule has 0 bridgehead atoms. The smallest absolute Gasteiger partial charge is 0.267 e. The highest BCUT2D eigenvalue weighted by molar-refractivity contribution is 5.94. The molecule has 0 saturated carbocycles. The summed E-state index contributed by atoms with van der Waals surface area (Å²) in [5.41, 5.74) is 1.67. The molecule has 7 heteroatoms. The lowest BCUT2D eigenvalue weighted by molar-refractivity contribution is -0.150. The number of amides is 2. The Balaban J connectivity index is 1.39. The maximum atomic E-state index is 14.0. The first-order valence-corrected chi connectivity index (χ1v) is 12.6. The zero-order chi connectivity index (χ0) is 25.8. The number of aryl methyl sites for hydroxylation is 1. The van der Waals surface area contributed by atoms with Crippen LogP contribution in [0.2, 0.25) is 0 Å². The van der Waals surface area contributed by atoms with Gasteiger partial charge < -0.3 is 24.4 Å². The molecule has 2 amide bonds. The van der Waals surface area contributed by atoms with Gasteiger partial charge in [-0.3, -0.25) is 9.59 Å². The van der Waals surface area contributed by atoms with E-state index in [9.17, 15) is 9.59 Å². The van der Waals surface area contributed by atoms with E-state index in [2.05, 4.69) is 17.4 Å². The molecule has 5 rings (SSSR count). The second-order valence-electron chi connectivity index (χ2n) is 9.66. The fourth-order valence-corrected chi connectivity index (χ4v) is 5.11. The zero-order valence-electron chi connectivity index (χ0n) is 21.2. The molecular formula is C30H32N2O5. The molecule has 0 aliphatic carbocycles. The zero-order valence-corrected chi connectivity index (χ0v) is 21.2. The van der Waals surface area contributed by atoms with Crippen molar-refractivity contribution >= 4 is 11.8 Å². The van der Waals surface area contributed by atoms with Crippen LogP contribution in [0.1, 0.15) is 36.1 Å². The third kappa shape index (κ3) is 4.91. The Morgan fingerprint density at radius 3 is 2.57 bits per heavy atom. The van der Waals surface area contributed by atoms with E-state index in [-0.39, 0.29) is 25.0 Å². The molecule has 3 aromatic rings. The quantitative estimate of drug-likeness (QED) is 0.505. The van der Waals surface area contributed by atoms with Crippen LogP contribution in [0.5, 0.6) is 11.5 Å². The Labute approximate surface area is 217 Å². The molecule has 2 heterocycles. The largest absolute Gasteiger partial charge is 0.496 e. The van der Waals surface area contributed by atoms with E-state index in [4.69, 9.17) is 14.2 Å². The van der Waals surface area contributed by atoms with Crippen LogP contribution in [0.3, 0.4) is 0 Å². The number of carbonyl (C=O) groups excluding carboxylic acids is 2. The first-order chi connectivity index (χ1) is 18.0. The lowest BCUT2D eigenvalue weighted by Crippen LogP contribution is -2.62. The van der Waals surface area contributed by atoms with Crippen LogP contribution in [-0.4, -0.2) is 48.6 Å². The van der Waals surface area contributed by atoms with Crippen molar-refractivity contribution < 1.29 is 23.8 Å². The third-order valence-electron chi connectivity index (χ3n) is 7.21. The maximum absolute atomic E-state index is 14.0. The van der Waals surface area contributed by atoms with Crippen LogP contribution >= 0.6 is 0 Å². The lowest BCUT2D eigenvalue weighted by atomic mass is 9.97.